The summed E-state index contributed by atoms with van der Waals surface area (Å²) in [5.74, 6) is -0.700. The summed E-state index contributed by atoms with van der Waals surface area (Å²) in [6, 6.07) is 16.7. The van der Waals surface area contributed by atoms with E-state index in [-0.39, 0.29) is 11.2 Å². The topological polar surface area (TPSA) is 95.2 Å². The number of para-hydroxylation sites is 2. The van der Waals surface area contributed by atoms with Crippen LogP contribution in [0.1, 0.15) is 47.6 Å². The number of nitrogens with zero attached hydrogens (tertiary/aromatic N) is 3. The molecular weight excluding hydrogens is 468 g/mol. The third-order valence-electron chi connectivity index (χ3n) is 7.17. The molecule has 5 rings (SSSR count). The lowest BCUT2D eigenvalue weighted by atomic mass is 9.84. The monoisotopic (exact) mass is 498 g/mol. The Morgan fingerprint density at radius 2 is 1.81 bits per heavy atom. The van der Waals surface area contributed by atoms with E-state index in [9.17, 15) is 14.4 Å². The maximum Gasteiger partial charge on any atom is 0.339 e. The van der Waals surface area contributed by atoms with Crippen LogP contribution in [0, 0.1) is 12.8 Å². The summed E-state index contributed by atoms with van der Waals surface area (Å²) < 4.78 is 8.85. The number of hydrogen-bond donors (Lipinski definition) is 1. The number of pyridine rings is 1. The van der Waals surface area contributed by atoms with E-state index >= 15 is 0 Å². The number of fused-ring (bicyclic) bond motifs is 2. The van der Waals surface area contributed by atoms with Crippen molar-refractivity contribution in [2.24, 2.45) is 13.0 Å². The maximum atomic E-state index is 13.5. The first-order chi connectivity index (χ1) is 17.8. The van der Waals surface area contributed by atoms with Gasteiger partial charge in [-0.2, -0.15) is 0 Å². The molecule has 190 valence electrons. The predicted molar refractivity (Wildman–Crippen MR) is 142 cm³/mol. The SMILES string of the molecule is Cc1c(NC(=O)C(C)OC(=O)c2c3c(nc4ccccc24)CCC(C)C3)c(=O)n(-c2ccccc2)n1C. The van der Waals surface area contributed by atoms with E-state index in [2.05, 4.69) is 12.2 Å². The first-order valence-corrected chi connectivity index (χ1v) is 12.5. The lowest BCUT2D eigenvalue weighted by Crippen LogP contribution is -2.32. The largest absolute Gasteiger partial charge is 0.449 e. The van der Waals surface area contributed by atoms with Crippen molar-refractivity contribution in [1.29, 1.82) is 0 Å². The standard InChI is InChI=1S/C29H30N4O4/c1-17-14-15-24-22(16-17)25(21-12-8-9-13-23(21)30-24)29(36)37-19(3)27(34)31-26-18(2)32(4)33(28(26)35)20-10-6-5-7-11-20/h5-13,17,19H,14-16H2,1-4H3,(H,31,34). The molecule has 2 heterocycles. The second kappa shape index (κ2) is 9.69. The van der Waals surface area contributed by atoms with Gasteiger partial charge in [-0.3, -0.25) is 19.3 Å². The van der Waals surface area contributed by atoms with Crippen molar-refractivity contribution in [3.8, 4) is 5.69 Å². The molecule has 1 aliphatic rings. The Kier molecular flexibility index (Phi) is 6.41. The number of rotatable bonds is 5. The van der Waals surface area contributed by atoms with E-state index < -0.39 is 18.0 Å². The van der Waals surface area contributed by atoms with Crippen LogP contribution in [0.5, 0.6) is 0 Å². The van der Waals surface area contributed by atoms with Crippen LogP contribution in [0.3, 0.4) is 0 Å². The van der Waals surface area contributed by atoms with Gasteiger partial charge in [0.15, 0.2) is 6.10 Å². The highest BCUT2D eigenvalue weighted by atomic mass is 16.5. The highest BCUT2D eigenvalue weighted by Crippen LogP contribution is 2.32. The second-order valence-electron chi connectivity index (χ2n) is 9.75. The van der Waals surface area contributed by atoms with Crippen LogP contribution in [0.4, 0.5) is 5.69 Å². The van der Waals surface area contributed by atoms with E-state index in [1.165, 1.54) is 11.6 Å². The minimum absolute atomic E-state index is 0.153. The van der Waals surface area contributed by atoms with Gasteiger partial charge in [0.25, 0.3) is 11.5 Å². The van der Waals surface area contributed by atoms with Crippen LogP contribution in [-0.2, 0) is 29.4 Å². The molecule has 2 aromatic heterocycles. The number of anilines is 1. The van der Waals surface area contributed by atoms with Crippen molar-refractivity contribution < 1.29 is 14.3 Å². The summed E-state index contributed by atoms with van der Waals surface area (Å²) in [4.78, 5) is 44.5. The molecule has 0 saturated carbocycles. The number of carbonyl (C=O) groups is 2. The van der Waals surface area contributed by atoms with Gasteiger partial charge in [0.05, 0.1) is 22.5 Å². The number of ether oxygens (including phenoxy) is 1. The molecule has 0 bridgehead atoms. The molecule has 2 aromatic carbocycles. The number of aromatic nitrogens is 3. The van der Waals surface area contributed by atoms with Gasteiger partial charge in [0.2, 0.25) is 0 Å². The Morgan fingerprint density at radius 1 is 1.11 bits per heavy atom. The highest BCUT2D eigenvalue weighted by Gasteiger charge is 2.29. The van der Waals surface area contributed by atoms with Gasteiger partial charge < -0.3 is 10.1 Å². The molecule has 4 aromatic rings. The molecule has 0 radical (unpaired) electrons. The summed E-state index contributed by atoms with van der Waals surface area (Å²) in [5, 5.41) is 3.41. The summed E-state index contributed by atoms with van der Waals surface area (Å²) in [6.45, 7) is 5.43. The minimum Gasteiger partial charge on any atom is -0.449 e. The van der Waals surface area contributed by atoms with Gasteiger partial charge >= 0.3 is 5.97 Å². The molecule has 37 heavy (non-hydrogen) atoms. The fraction of sp³-hybridized carbons (Fsp3) is 0.310. The van der Waals surface area contributed by atoms with Crippen LogP contribution in [-0.4, -0.2) is 32.3 Å². The average Bonchev–Trinajstić information content (AvgIpc) is 3.10. The van der Waals surface area contributed by atoms with Gasteiger partial charge in [0.1, 0.15) is 5.69 Å². The molecule has 1 aliphatic carbocycles. The molecule has 0 saturated heterocycles. The Morgan fingerprint density at radius 3 is 2.57 bits per heavy atom. The second-order valence-corrected chi connectivity index (χ2v) is 9.75. The van der Waals surface area contributed by atoms with E-state index in [4.69, 9.17) is 9.72 Å². The fourth-order valence-corrected chi connectivity index (χ4v) is 5.01. The van der Waals surface area contributed by atoms with Crippen LogP contribution in [0.25, 0.3) is 16.6 Å². The number of nitrogens with one attached hydrogen (secondary N) is 1. The Bertz CT molecular complexity index is 1570. The van der Waals surface area contributed by atoms with Crippen LogP contribution >= 0.6 is 0 Å². The minimum atomic E-state index is -1.11. The zero-order valence-corrected chi connectivity index (χ0v) is 21.4. The summed E-state index contributed by atoms with van der Waals surface area (Å²) in [7, 11) is 1.75. The van der Waals surface area contributed by atoms with Crippen molar-refractivity contribution in [1.82, 2.24) is 14.3 Å². The van der Waals surface area contributed by atoms with Crippen molar-refractivity contribution in [3.05, 3.63) is 87.5 Å². The first kappa shape index (κ1) is 24.5. The first-order valence-electron chi connectivity index (χ1n) is 12.5. The number of aryl methyl sites for hydroxylation is 1. The predicted octanol–water partition coefficient (Wildman–Crippen LogP) is 4.34. The van der Waals surface area contributed by atoms with Gasteiger partial charge in [-0.05, 0) is 62.8 Å². The van der Waals surface area contributed by atoms with Crippen LogP contribution in [0.15, 0.2) is 59.4 Å². The number of benzene rings is 2. The summed E-state index contributed by atoms with van der Waals surface area (Å²) >= 11 is 0. The zero-order valence-electron chi connectivity index (χ0n) is 21.4. The molecule has 0 spiro atoms. The molecule has 1 amide bonds. The van der Waals surface area contributed by atoms with E-state index in [0.29, 0.717) is 22.9 Å². The van der Waals surface area contributed by atoms with Gasteiger partial charge in [-0.15, -0.1) is 0 Å². The molecule has 0 fully saturated rings. The van der Waals surface area contributed by atoms with Crippen molar-refractivity contribution in [2.75, 3.05) is 5.32 Å². The number of hydrogen-bond acceptors (Lipinski definition) is 5. The Hall–Kier alpha value is -4.20. The summed E-state index contributed by atoms with van der Waals surface area (Å²) in [5.41, 5.74) is 4.10. The van der Waals surface area contributed by atoms with Gasteiger partial charge in [-0.1, -0.05) is 43.3 Å². The molecule has 8 heteroatoms. The lowest BCUT2D eigenvalue weighted by molar-refractivity contribution is -0.123. The number of carbonyl (C=O) groups excluding carboxylic acids is 2. The maximum absolute atomic E-state index is 13.5. The molecular formula is C29H30N4O4. The Balaban J connectivity index is 1.42. The number of amides is 1. The quantitative estimate of drug-likeness (QED) is 0.413. The van der Waals surface area contributed by atoms with Crippen molar-refractivity contribution in [2.45, 2.75) is 46.1 Å². The van der Waals surface area contributed by atoms with E-state index in [1.807, 2.05) is 54.6 Å². The summed E-state index contributed by atoms with van der Waals surface area (Å²) in [6.07, 6.45) is 1.45. The van der Waals surface area contributed by atoms with Crippen molar-refractivity contribution in [3.63, 3.8) is 0 Å². The average molecular weight is 499 g/mol. The smallest absolute Gasteiger partial charge is 0.339 e. The van der Waals surface area contributed by atoms with Crippen molar-refractivity contribution >= 4 is 28.5 Å². The van der Waals surface area contributed by atoms with Gasteiger partial charge in [0, 0.05) is 18.1 Å². The van der Waals surface area contributed by atoms with Gasteiger partial charge in [-0.25, -0.2) is 9.48 Å². The lowest BCUT2D eigenvalue weighted by Gasteiger charge is -2.24. The molecule has 2 atom stereocenters. The third kappa shape index (κ3) is 4.43. The Labute approximate surface area is 214 Å². The third-order valence-corrected chi connectivity index (χ3v) is 7.17. The van der Waals surface area contributed by atoms with Crippen LogP contribution in [0.2, 0.25) is 0 Å². The van der Waals surface area contributed by atoms with Crippen LogP contribution < -0.4 is 10.9 Å². The fourth-order valence-electron chi connectivity index (χ4n) is 5.01. The normalized spacial score (nSPS) is 15.7. The zero-order chi connectivity index (χ0) is 26.3. The molecule has 0 aliphatic heterocycles. The van der Waals surface area contributed by atoms with E-state index in [1.54, 1.807) is 18.7 Å². The molecule has 2 unspecified atom stereocenters. The highest BCUT2D eigenvalue weighted by molar-refractivity contribution is 6.06. The molecule has 8 nitrogen and oxygen atoms in total. The molecule has 1 N–H and O–H groups in total. The number of esters is 1. The van der Waals surface area contributed by atoms with E-state index in [0.717, 1.165) is 41.4 Å².